The molecule has 0 N–H and O–H groups in total. The Kier molecular flexibility index (Phi) is 8.25. The molecule has 0 aromatic rings. The third-order valence-corrected chi connectivity index (χ3v) is 5.10. The van der Waals surface area contributed by atoms with Gasteiger partial charge in [0.25, 0.3) is 0 Å². The van der Waals surface area contributed by atoms with Crippen molar-refractivity contribution in [2.45, 2.75) is 28.3 Å². The van der Waals surface area contributed by atoms with Gasteiger partial charge in [0.1, 0.15) is 0 Å². The minimum atomic E-state index is -0.343. The van der Waals surface area contributed by atoms with Crippen LogP contribution in [-0.4, -0.2) is 21.1 Å². The Morgan fingerprint density at radius 1 is 1.43 bits per heavy atom. The fraction of sp³-hybridized carbons (Fsp3) is 0.667. The molecule has 0 aliphatic heterocycles. The summed E-state index contributed by atoms with van der Waals surface area (Å²) in [6, 6.07) is 0. The van der Waals surface area contributed by atoms with Crippen LogP contribution in [0.1, 0.15) is 19.8 Å². The van der Waals surface area contributed by atoms with E-state index in [2.05, 4.69) is 54.4 Å². The Morgan fingerprint density at radius 2 is 2.00 bits per heavy atom. The minimum Gasteiger partial charge on any atom is -0.462 e. The molecule has 0 aromatic heterocycles. The van der Waals surface area contributed by atoms with Gasteiger partial charge in [0.2, 0.25) is 0 Å². The normalized spacial score (nSPS) is 12.6. The number of hydrogen-bond donors (Lipinski definition) is 0. The first-order valence-electron chi connectivity index (χ1n) is 4.28. The Bertz CT molecular complexity index is 204. The summed E-state index contributed by atoms with van der Waals surface area (Å²) in [5, 5.41) is 0. The number of ether oxygens (including phenoxy) is 1. The molecule has 0 fully saturated rings. The number of alkyl halides is 3. The first kappa shape index (κ1) is 14.6. The van der Waals surface area contributed by atoms with Crippen LogP contribution in [-0.2, 0) is 9.53 Å². The molecule has 5 heteroatoms. The van der Waals surface area contributed by atoms with Gasteiger partial charge in [-0.1, -0.05) is 67.7 Å². The molecule has 0 amide bonds. The van der Waals surface area contributed by atoms with E-state index >= 15 is 0 Å². The monoisotopic (exact) mass is 390 g/mol. The average Bonchev–Trinajstić information content (AvgIpc) is 2.15. The molecule has 1 unspecified atom stereocenters. The van der Waals surface area contributed by atoms with Crippen LogP contribution in [0.25, 0.3) is 0 Å². The van der Waals surface area contributed by atoms with Gasteiger partial charge in [-0.3, -0.25) is 0 Å². The SMILES string of the molecule is C=C(C(=O)OCCCC)C(Br)C(Br)Br. The first-order chi connectivity index (χ1) is 6.50. The largest absolute Gasteiger partial charge is 0.462 e. The van der Waals surface area contributed by atoms with E-state index in [0.29, 0.717) is 12.2 Å². The van der Waals surface area contributed by atoms with Gasteiger partial charge in [0.05, 0.1) is 15.2 Å². The summed E-state index contributed by atoms with van der Waals surface area (Å²) >= 11 is 9.91. The van der Waals surface area contributed by atoms with Crippen molar-refractivity contribution in [1.82, 2.24) is 0 Å². The Morgan fingerprint density at radius 3 is 2.43 bits per heavy atom. The number of unbranched alkanes of at least 4 members (excludes halogenated alkanes) is 1. The molecule has 82 valence electrons. The highest BCUT2D eigenvalue weighted by molar-refractivity contribution is 9.25. The van der Waals surface area contributed by atoms with Crippen LogP contribution in [0.15, 0.2) is 12.2 Å². The summed E-state index contributed by atoms with van der Waals surface area (Å²) in [4.78, 5) is 11.2. The number of hydrogen-bond acceptors (Lipinski definition) is 2. The van der Waals surface area contributed by atoms with Gasteiger partial charge in [0, 0.05) is 5.57 Å². The van der Waals surface area contributed by atoms with Crippen molar-refractivity contribution in [1.29, 1.82) is 0 Å². The summed E-state index contributed by atoms with van der Waals surface area (Å²) < 4.78 is 4.98. The van der Waals surface area contributed by atoms with Crippen molar-refractivity contribution >= 4 is 53.8 Å². The fourth-order valence-electron chi connectivity index (χ4n) is 0.667. The van der Waals surface area contributed by atoms with E-state index in [1.54, 1.807) is 0 Å². The summed E-state index contributed by atoms with van der Waals surface area (Å²) in [7, 11) is 0. The molecule has 2 nitrogen and oxygen atoms in total. The van der Waals surface area contributed by atoms with Crippen LogP contribution in [0.5, 0.6) is 0 Å². The third-order valence-electron chi connectivity index (χ3n) is 1.55. The van der Waals surface area contributed by atoms with Crippen LogP contribution in [0.4, 0.5) is 0 Å². The Hall–Kier alpha value is 0.650. The van der Waals surface area contributed by atoms with Gasteiger partial charge in [-0.05, 0) is 6.42 Å². The van der Waals surface area contributed by atoms with Gasteiger partial charge < -0.3 is 4.74 Å². The number of carbonyl (C=O) groups excluding carboxylic acids is 1. The lowest BCUT2D eigenvalue weighted by Gasteiger charge is -2.13. The predicted octanol–water partition coefficient (Wildman–Crippen LogP) is 3.77. The van der Waals surface area contributed by atoms with E-state index in [-0.39, 0.29) is 14.5 Å². The summed E-state index contributed by atoms with van der Waals surface area (Å²) in [5.74, 6) is -0.343. The molecule has 0 aliphatic rings. The second-order valence-corrected chi connectivity index (χ2v) is 6.94. The zero-order chi connectivity index (χ0) is 11.1. The van der Waals surface area contributed by atoms with Crippen LogP contribution in [0.3, 0.4) is 0 Å². The first-order valence-corrected chi connectivity index (χ1v) is 7.03. The Labute approximate surface area is 110 Å². The number of rotatable bonds is 6. The molecule has 0 aromatic carbocycles. The van der Waals surface area contributed by atoms with E-state index in [1.165, 1.54) is 0 Å². The standard InChI is InChI=1S/C9H13Br3O2/c1-3-4-5-14-9(13)6(2)7(10)8(11)12/h7-8H,2-5H2,1H3. The van der Waals surface area contributed by atoms with Gasteiger partial charge in [-0.2, -0.15) is 0 Å². The molecule has 0 spiro atoms. The fourth-order valence-corrected chi connectivity index (χ4v) is 1.49. The van der Waals surface area contributed by atoms with Crippen LogP contribution in [0.2, 0.25) is 0 Å². The van der Waals surface area contributed by atoms with Gasteiger partial charge in [-0.25, -0.2) is 4.79 Å². The van der Waals surface area contributed by atoms with E-state index in [9.17, 15) is 4.79 Å². The lowest BCUT2D eigenvalue weighted by molar-refractivity contribution is -0.139. The lowest BCUT2D eigenvalue weighted by Crippen LogP contribution is -2.19. The molecule has 1 atom stereocenters. The summed E-state index contributed by atoms with van der Waals surface area (Å²) in [6.45, 7) is 6.18. The zero-order valence-corrected chi connectivity index (χ0v) is 12.7. The Balaban J connectivity index is 3.93. The highest BCUT2D eigenvalue weighted by Gasteiger charge is 2.22. The molecule has 14 heavy (non-hydrogen) atoms. The van der Waals surface area contributed by atoms with Crippen LogP contribution >= 0.6 is 47.8 Å². The summed E-state index contributed by atoms with van der Waals surface area (Å²) in [6.07, 6.45) is 1.90. The minimum absolute atomic E-state index is 0.0266. The van der Waals surface area contributed by atoms with Crippen molar-refractivity contribution < 1.29 is 9.53 Å². The molecule has 0 aliphatic carbocycles. The van der Waals surface area contributed by atoms with Crippen molar-refractivity contribution in [2.24, 2.45) is 0 Å². The third kappa shape index (κ3) is 5.51. The van der Waals surface area contributed by atoms with Crippen molar-refractivity contribution in [2.75, 3.05) is 6.61 Å². The van der Waals surface area contributed by atoms with E-state index in [1.807, 2.05) is 6.92 Å². The molecule has 0 bridgehead atoms. The highest BCUT2D eigenvalue weighted by atomic mass is 79.9. The maximum absolute atomic E-state index is 11.4. The maximum atomic E-state index is 11.4. The van der Waals surface area contributed by atoms with Gasteiger partial charge in [-0.15, -0.1) is 0 Å². The summed E-state index contributed by atoms with van der Waals surface area (Å²) in [5.41, 5.74) is 0.417. The molecule has 0 heterocycles. The van der Waals surface area contributed by atoms with E-state index < -0.39 is 0 Å². The molecule has 0 rings (SSSR count). The second kappa shape index (κ2) is 7.88. The zero-order valence-electron chi connectivity index (χ0n) is 7.93. The van der Waals surface area contributed by atoms with Gasteiger partial charge in [0.15, 0.2) is 0 Å². The van der Waals surface area contributed by atoms with Crippen LogP contribution < -0.4 is 0 Å². The molecular formula is C9H13Br3O2. The van der Waals surface area contributed by atoms with E-state index in [0.717, 1.165) is 12.8 Å². The maximum Gasteiger partial charge on any atom is 0.334 e. The highest BCUT2D eigenvalue weighted by Crippen LogP contribution is 2.26. The van der Waals surface area contributed by atoms with Crippen LogP contribution in [0, 0.1) is 0 Å². The quantitative estimate of drug-likeness (QED) is 0.298. The topological polar surface area (TPSA) is 26.3 Å². The number of halogens is 3. The molecular weight excluding hydrogens is 380 g/mol. The smallest absolute Gasteiger partial charge is 0.334 e. The van der Waals surface area contributed by atoms with Gasteiger partial charge >= 0.3 is 5.97 Å². The van der Waals surface area contributed by atoms with E-state index in [4.69, 9.17) is 4.74 Å². The number of esters is 1. The number of carbonyl (C=O) groups is 1. The molecule has 0 saturated carbocycles. The predicted molar refractivity (Wildman–Crippen MR) is 69.4 cm³/mol. The van der Waals surface area contributed by atoms with Crippen molar-refractivity contribution in [3.63, 3.8) is 0 Å². The average molecular weight is 393 g/mol. The molecule has 0 saturated heterocycles. The molecule has 0 radical (unpaired) electrons. The van der Waals surface area contributed by atoms with Crippen molar-refractivity contribution in [3.05, 3.63) is 12.2 Å². The second-order valence-electron chi connectivity index (χ2n) is 2.75. The van der Waals surface area contributed by atoms with Crippen molar-refractivity contribution in [3.8, 4) is 0 Å². The lowest BCUT2D eigenvalue weighted by atomic mass is 10.2.